The van der Waals surface area contributed by atoms with E-state index in [0.29, 0.717) is 19.6 Å². The van der Waals surface area contributed by atoms with Crippen molar-refractivity contribution in [2.24, 2.45) is 5.73 Å². The van der Waals surface area contributed by atoms with E-state index in [1.54, 1.807) is 12.4 Å². The Bertz CT molecular complexity index is 1300. The number of aromatic nitrogens is 3. The van der Waals surface area contributed by atoms with Gasteiger partial charge in [0.2, 0.25) is 0 Å². The summed E-state index contributed by atoms with van der Waals surface area (Å²) in [6, 6.07) is 20.6. The maximum absolute atomic E-state index is 10.0. The lowest BCUT2D eigenvalue weighted by molar-refractivity contribution is -0.0796. The van der Waals surface area contributed by atoms with E-state index >= 15 is 0 Å². The average molecular weight is 425 g/mol. The highest BCUT2D eigenvalue weighted by Crippen LogP contribution is 2.48. The predicted octanol–water partition coefficient (Wildman–Crippen LogP) is 4.33. The molecule has 0 radical (unpaired) electrons. The molecule has 6 nitrogen and oxygen atoms in total. The minimum atomic E-state index is -1.06. The number of pyridine rings is 1. The quantitative estimate of drug-likeness (QED) is 0.478. The fourth-order valence-electron chi connectivity index (χ4n) is 5.22. The van der Waals surface area contributed by atoms with Gasteiger partial charge in [-0.25, -0.2) is 4.98 Å². The Morgan fingerprint density at radius 3 is 2.47 bits per heavy atom. The van der Waals surface area contributed by atoms with Crippen LogP contribution in [0.25, 0.3) is 33.9 Å². The molecular formula is C26H24N4O2. The highest BCUT2D eigenvalue weighted by Gasteiger charge is 2.49. The van der Waals surface area contributed by atoms with Gasteiger partial charge < -0.3 is 15.6 Å². The van der Waals surface area contributed by atoms with Crippen molar-refractivity contribution in [3.8, 4) is 39.7 Å². The number of nitrogens with two attached hydrogens (primary N) is 1. The van der Waals surface area contributed by atoms with Gasteiger partial charge in [0.1, 0.15) is 17.3 Å². The number of hydrogen-bond acceptors (Lipinski definition) is 5. The number of hydrogen-bond donors (Lipinski definition) is 2. The van der Waals surface area contributed by atoms with Gasteiger partial charge >= 0.3 is 0 Å². The molecule has 0 amide bonds. The number of rotatable bonds is 3. The summed E-state index contributed by atoms with van der Waals surface area (Å²) in [4.78, 5) is 9.35. The number of fused-ring (bicyclic) bond motifs is 3. The molecule has 2 aromatic carbocycles. The van der Waals surface area contributed by atoms with Crippen LogP contribution < -0.4 is 10.5 Å². The van der Waals surface area contributed by atoms with Crippen LogP contribution in [-0.4, -0.2) is 25.4 Å². The molecule has 1 aliphatic heterocycles. The molecule has 0 spiro atoms. The molecule has 3 heterocycles. The highest BCUT2D eigenvalue weighted by molar-refractivity contribution is 5.83. The third kappa shape index (κ3) is 2.95. The Kier molecular flexibility index (Phi) is 4.06. The molecule has 6 rings (SSSR count). The first-order valence-electron chi connectivity index (χ1n) is 10.8. The Morgan fingerprint density at radius 1 is 1.00 bits per heavy atom. The lowest BCUT2D eigenvalue weighted by Gasteiger charge is -2.49. The number of aliphatic hydroxyl groups is 1. The van der Waals surface area contributed by atoms with Crippen molar-refractivity contribution in [2.75, 3.05) is 0 Å². The van der Waals surface area contributed by atoms with Gasteiger partial charge in [0, 0.05) is 28.9 Å². The Balaban J connectivity index is 1.48. The Morgan fingerprint density at radius 2 is 1.75 bits per heavy atom. The second kappa shape index (κ2) is 6.76. The van der Waals surface area contributed by atoms with Crippen LogP contribution >= 0.6 is 0 Å². The Hall–Kier alpha value is -3.48. The van der Waals surface area contributed by atoms with Crippen molar-refractivity contribution >= 4 is 0 Å². The molecule has 0 bridgehead atoms. The van der Waals surface area contributed by atoms with Crippen LogP contribution in [0.5, 0.6) is 5.75 Å². The van der Waals surface area contributed by atoms with Gasteiger partial charge in [-0.15, -0.1) is 0 Å². The lowest BCUT2D eigenvalue weighted by atomic mass is 9.61. The van der Waals surface area contributed by atoms with Crippen LogP contribution in [-0.2, 0) is 12.1 Å². The summed E-state index contributed by atoms with van der Waals surface area (Å²) in [6.07, 6.45) is 4.67. The molecule has 1 saturated carbocycles. The molecule has 2 aromatic heterocycles. The van der Waals surface area contributed by atoms with Gasteiger partial charge in [0.25, 0.3) is 0 Å². The third-order valence-corrected chi connectivity index (χ3v) is 6.63. The first-order chi connectivity index (χ1) is 15.4. The topological polar surface area (TPSA) is 86.2 Å². The standard InChI is InChI=1S/C26H24N4O2/c1-25(14-26(27,31)15-25)19-9-7-17(8-10-19)22-23(18-5-3-2-4-6-18)30-16-32-21-11-12-28-13-20(21)24(30)29-22/h2-13,31H,14-16,27H2,1H3. The molecule has 4 aromatic rings. The molecule has 6 heteroatoms. The van der Waals surface area contributed by atoms with E-state index in [2.05, 4.69) is 52.9 Å². The fourth-order valence-corrected chi connectivity index (χ4v) is 5.22. The zero-order chi connectivity index (χ0) is 21.9. The van der Waals surface area contributed by atoms with Gasteiger partial charge in [-0.1, -0.05) is 61.5 Å². The number of nitrogens with zero attached hydrogens (tertiary/aromatic N) is 3. The second-order valence-corrected chi connectivity index (χ2v) is 9.17. The molecule has 0 atom stereocenters. The molecule has 1 aliphatic carbocycles. The van der Waals surface area contributed by atoms with Crippen LogP contribution in [0.15, 0.2) is 73.1 Å². The Labute approximate surface area is 186 Å². The third-order valence-electron chi connectivity index (χ3n) is 6.63. The summed E-state index contributed by atoms with van der Waals surface area (Å²) < 4.78 is 8.13. The van der Waals surface area contributed by atoms with Crippen LogP contribution in [0.2, 0.25) is 0 Å². The van der Waals surface area contributed by atoms with E-state index < -0.39 is 5.72 Å². The lowest BCUT2D eigenvalue weighted by Crippen LogP contribution is -2.58. The number of imidazole rings is 1. The number of benzene rings is 2. The SMILES string of the molecule is CC1(c2ccc(-c3nc4n(c3-c3ccccc3)COc3ccncc3-4)cc2)CC(N)(O)C1. The summed E-state index contributed by atoms with van der Waals surface area (Å²) >= 11 is 0. The maximum atomic E-state index is 10.0. The normalized spacial score (nSPS) is 23.6. The van der Waals surface area contributed by atoms with Crippen molar-refractivity contribution in [1.29, 1.82) is 0 Å². The van der Waals surface area contributed by atoms with Gasteiger partial charge in [-0.05, 0) is 24.5 Å². The highest BCUT2D eigenvalue weighted by atomic mass is 16.5. The van der Waals surface area contributed by atoms with Crippen molar-refractivity contribution < 1.29 is 9.84 Å². The summed E-state index contributed by atoms with van der Waals surface area (Å²) in [5.74, 6) is 1.66. The van der Waals surface area contributed by atoms with E-state index in [-0.39, 0.29) is 5.41 Å². The minimum Gasteiger partial charge on any atom is -0.472 e. The predicted molar refractivity (Wildman–Crippen MR) is 123 cm³/mol. The van der Waals surface area contributed by atoms with Gasteiger partial charge in [-0.2, -0.15) is 0 Å². The fraction of sp³-hybridized carbons (Fsp3) is 0.231. The summed E-state index contributed by atoms with van der Waals surface area (Å²) in [6.45, 7) is 2.55. The minimum absolute atomic E-state index is 0.101. The summed E-state index contributed by atoms with van der Waals surface area (Å²) in [7, 11) is 0. The first kappa shape index (κ1) is 19.2. The van der Waals surface area contributed by atoms with Gasteiger partial charge in [-0.3, -0.25) is 9.55 Å². The van der Waals surface area contributed by atoms with Crippen LogP contribution in [0.3, 0.4) is 0 Å². The van der Waals surface area contributed by atoms with E-state index in [1.165, 1.54) is 5.56 Å². The van der Waals surface area contributed by atoms with Gasteiger partial charge in [0.05, 0.1) is 17.0 Å². The van der Waals surface area contributed by atoms with E-state index in [9.17, 15) is 5.11 Å². The van der Waals surface area contributed by atoms with Crippen molar-refractivity contribution in [3.63, 3.8) is 0 Å². The van der Waals surface area contributed by atoms with E-state index in [4.69, 9.17) is 15.5 Å². The zero-order valence-corrected chi connectivity index (χ0v) is 17.8. The number of ether oxygens (including phenoxy) is 1. The average Bonchev–Trinajstić information content (AvgIpc) is 3.18. The van der Waals surface area contributed by atoms with Crippen molar-refractivity contribution in [2.45, 2.75) is 37.6 Å². The van der Waals surface area contributed by atoms with Crippen LogP contribution in [0.4, 0.5) is 0 Å². The molecule has 2 aliphatic rings. The molecule has 0 saturated heterocycles. The summed E-state index contributed by atoms with van der Waals surface area (Å²) in [5.41, 5.74) is 10.8. The molecule has 32 heavy (non-hydrogen) atoms. The molecule has 0 unspecified atom stereocenters. The largest absolute Gasteiger partial charge is 0.472 e. The van der Waals surface area contributed by atoms with E-state index in [0.717, 1.165) is 39.7 Å². The summed E-state index contributed by atoms with van der Waals surface area (Å²) in [5, 5.41) is 10.0. The molecular weight excluding hydrogens is 400 g/mol. The molecule has 160 valence electrons. The zero-order valence-electron chi connectivity index (χ0n) is 17.8. The van der Waals surface area contributed by atoms with Crippen LogP contribution in [0, 0.1) is 0 Å². The molecule has 3 N–H and O–H groups in total. The smallest absolute Gasteiger partial charge is 0.167 e. The van der Waals surface area contributed by atoms with Crippen LogP contribution in [0.1, 0.15) is 25.3 Å². The van der Waals surface area contributed by atoms with E-state index in [1.807, 2.05) is 24.3 Å². The second-order valence-electron chi connectivity index (χ2n) is 9.17. The maximum Gasteiger partial charge on any atom is 0.167 e. The molecule has 1 fully saturated rings. The van der Waals surface area contributed by atoms with Crippen molar-refractivity contribution in [1.82, 2.24) is 14.5 Å². The van der Waals surface area contributed by atoms with Crippen molar-refractivity contribution in [3.05, 3.63) is 78.6 Å². The monoisotopic (exact) mass is 424 g/mol. The van der Waals surface area contributed by atoms with Gasteiger partial charge in [0.15, 0.2) is 6.73 Å². The first-order valence-corrected chi connectivity index (χ1v) is 10.8.